The summed E-state index contributed by atoms with van der Waals surface area (Å²) in [6.45, 7) is 0.784. The Morgan fingerprint density at radius 1 is 1.38 bits per heavy atom. The number of hydrogen-bond donors (Lipinski definition) is 1. The summed E-state index contributed by atoms with van der Waals surface area (Å²) in [5, 5.41) is 13.8. The van der Waals surface area contributed by atoms with Gasteiger partial charge in [0.15, 0.2) is 10.3 Å². The second-order valence-corrected chi connectivity index (χ2v) is 7.15. The smallest absolute Gasteiger partial charge is 0.234 e. The van der Waals surface area contributed by atoms with Crippen molar-refractivity contribution in [3.05, 3.63) is 52.2 Å². The van der Waals surface area contributed by atoms with Crippen LogP contribution in [0.25, 0.3) is 0 Å². The molecule has 0 spiro atoms. The van der Waals surface area contributed by atoms with E-state index in [1.807, 2.05) is 10.6 Å². The molecule has 0 atom stereocenters. The number of aryl methyl sites for hydroxylation is 2. The van der Waals surface area contributed by atoms with E-state index in [2.05, 4.69) is 31.9 Å². The predicted octanol–water partition coefficient (Wildman–Crippen LogP) is 3.36. The number of amides is 1. The van der Waals surface area contributed by atoms with Gasteiger partial charge in [0.2, 0.25) is 5.91 Å². The van der Waals surface area contributed by atoms with Crippen molar-refractivity contribution in [1.29, 1.82) is 0 Å². The highest BCUT2D eigenvalue weighted by molar-refractivity contribution is 7.99. The number of halogens is 1. The van der Waals surface area contributed by atoms with Gasteiger partial charge in [-0.05, 0) is 30.0 Å². The Hall–Kier alpha value is -1.90. The van der Waals surface area contributed by atoms with E-state index in [1.54, 1.807) is 36.0 Å². The minimum Gasteiger partial charge on any atom is -0.323 e. The molecule has 1 N–H and O–H groups in total. The largest absolute Gasteiger partial charge is 0.323 e. The Morgan fingerprint density at radius 2 is 2.29 bits per heavy atom. The van der Waals surface area contributed by atoms with Crippen molar-refractivity contribution >= 4 is 46.3 Å². The van der Waals surface area contributed by atoms with Crippen molar-refractivity contribution in [2.24, 2.45) is 0 Å². The number of thioether (sulfide) groups is 1. The van der Waals surface area contributed by atoms with Crippen molar-refractivity contribution < 1.29 is 4.79 Å². The second kappa shape index (κ2) is 8.27. The van der Waals surface area contributed by atoms with Crippen molar-refractivity contribution in [2.75, 3.05) is 11.1 Å². The number of hydrogen-bond acceptors (Lipinski definition) is 6. The van der Waals surface area contributed by atoms with Gasteiger partial charge in [0, 0.05) is 17.6 Å². The average molecular weight is 380 g/mol. The number of nitrogens with zero attached hydrogens (tertiary/aromatic N) is 4. The van der Waals surface area contributed by atoms with Gasteiger partial charge in [-0.3, -0.25) is 4.79 Å². The third-order valence-corrected chi connectivity index (χ3v) is 5.34. The molecule has 0 saturated carbocycles. The van der Waals surface area contributed by atoms with Crippen LogP contribution in [0, 0.1) is 0 Å². The Kier molecular flexibility index (Phi) is 5.84. The molecule has 3 rings (SSSR count). The van der Waals surface area contributed by atoms with Crippen LogP contribution in [-0.2, 0) is 17.8 Å². The van der Waals surface area contributed by atoms with Crippen LogP contribution in [0.2, 0.25) is 5.15 Å². The Balaban J connectivity index is 1.52. The molecule has 24 heavy (non-hydrogen) atoms. The van der Waals surface area contributed by atoms with E-state index in [9.17, 15) is 4.79 Å². The third kappa shape index (κ3) is 4.56. The van der Waals surface area contributed by atoms with Gasteiger partial charge in [-0.15, -0.1) is 21.5 Å². The van der Waals surface area contributed by atoms with E-state index >= 15 is 0 Å². The first-order chi connectivity index (χ1) is 11.7. The van der Waals surface area contributed by atoms with Crippen LogP contribution in [0.5, 0.6) is 0 Å². The van der Waals surface area contributed by atoms with Crippen LogP contribution in [0.1, 0.15) is 4.88 Å². The number of anilines is 1. The molecule has 0 radical (unpaired) electrons. The molecular weight excluding hydrogens is 366 g/mol. The van der Waals surface area contributed by atoms with Gasteiger partial charge in [0.1, 0.15) is 6.33 Å². The summed E-state index contributed by atoms with van der Waals surface area (Å²) >= 11 is 8.99. The van der Waals surface area contributed by atoms with Crippen molar-refractivity contribution in [2.45, 2.75) is 18.1 Å². The lowest BCUT2D eigenvalue weighted by atomic mass is 10.3. The first-order valence-electron chi connectivity index (χ1n) is 7.16. The minimum absolute atomic E-state index is 0.164. The number of thiophene rings is 1. The second-order valence-electron chi connectivity index (χ2n) is 4.81. The fraction of sp³-hybridized carbons (Fsp3) is 0.200. The highest BCUT2D eigenvalue weighted by atomic mass is 35.5. The number of carbonyl (C=O) groups is 1. The van der Waals surface area contributed by atoms with Crippen LogP contribution >= 0.6 is 34.7 Å². The monoisotopic (exact) mass is 379 g/mol. The molecule has 0 unspecified atom stereocenters. The van der Waals surface area contributed by atoms with Gasteiger partial charge < -0.3 is 9.88 Å². The standard InChI is InChI=1S/C15H14ClN5OS2/c16-14-12(4-1-6-17-14)19-13(22)9-24-15-20-18-10-21(15)7-5-11-3-2-8-23-11/h1-4,6,8,10H,5,7,9H2,(H,19,22). The normalized spacial score (nSPS) is 10.7. The van der Waals surface area contributed by atoms with E-state index in [0.29, 0.717) is 5.69 Å². The van der Waals surface area contributed by atoms with E-state index in [0.717, 1.165) is 18.1 Å². The van der Waals surface area contributed by atoms with E-state index in [4.69, 9.17) is 11.6 Å². The first-order valence-corrected chi connectivity index (χ1v) is 9.40. The summed E-state index contributed by atoms with van der Waals surface area (Å²) in [7, 11) is 0. The highest BCUT2D eigenvalue weighted by Crippen LogP contribution is 2.20. The molecule has 3 aromatic rings. The summed E-state index contributed by atoms with van der Waals surface area (Å²) in [5.74, 6) is 0.0610. The molecule has 3 aromatic heterocycles. The molecule has 9 heteroatoms. The van der Waals surface area contributed by atoms with Crippen molar-refractivity contribution in [3.8, 4) is 0 Å². The third-order valence-electron chi connectivity index (χ3n) is 3.12. The number of aromatic nitrogens is 4. The summed E-state index contributed by atoms with van der Waals surface area (Å²) < 4.78 is 1.95. The highest BCUT2D eigenvalue weighted by Gasteiger charge is 2.10. The molecule has 1 amide bonds. The maximum Gasteiger partial charge on any atom is 0.234 e. The van der Waals surface area contributed by atoms with Crippen LogP contribution in [0.4, 0.5) is 5.69 Å². The summed E-state index contributed by atoms with van der Waals surface area (Å²) in [4.78, 5) is 17.3. The SMILES string of the molecule is O=C(CSc1nncn1CCc1cccs1)Nc1cccnc1Cl. The molecule has 0 aliphatic carbocycles. The summed E-state index contributed by atoms with van der Waals surface area (Å²) in [6.07, 6.45) is 4.18. The van der Waals surface area contributed by atoms with Gasteiger partial charge in [-0.2, -0.15) is 0 Å². The fourth-order valence-corrected chi connectivity index (χ4v) is 3.60. The number of carbonyl (C=O) groups excluding carboxylic acids is 1. The minimum atomic E-state index is -0.164. The fourth-order valence-electron chi connectivity index (χ4n) is 1.99. The zero-order valence-corrected chi connectivity index (χ0v) is 14.9. The number of rotatable bonds is 7. The van der Waals surface area contributed by atoms with E-state index in [-0.39, 0.29) is 16.8 Å². The van der Waals surface area contributed by atoms with E-state index in [1.165, 1.54) is 16.6 Å². The maximum atomic E-state index is 12.0. The molecule has 6 nitrogen and oxygen atoms in total. The molecule has 0 aliphatic heterocycles. The van der Waals surface area contributed by atoms with Gasteiger partial charge in [0.25, 0.3) is 0 Å². The maximum absolute atomic E-state index is 12.0. The predicted molar refractivity (Wildman–Crippen MR) is 96.6 cm³/mol. The zero-order chi connectivity index (χ0) is 16.8. The van der Waals surface area contributed by atoms with Crippen LogP contribution in [0.15, 0.2) is 47.3 Å². The first kappa shape index (κ1) is 16.9. The van der Waals surface area contributed by atoms with Gasteiger partial charge in [-0.25, -0.2) is 4.98 Å². The zero-order valence-electron chi connectivity index (χ0n) is 12.6. The molecule has 0 fully saturated rings. The molecule has 0 aliphatic rings. The summed E-state index contributed by atoms with van der Waals surface area (Å²) in [5.41, 5.74) is 0.504. The average Bonchev–Trinajstić information content (AvgIpc) is 3.24. The number of pyridine rings is 1. The lowest BCUT2D eigenvalue weighted by Gasteiger charge is -2.07. The van der Waals surface area contributed by atoms with Crippen molar-refractivity contribution in [3.63, 3.8) is 0 Å². The van der Waals surface area contributed by atoms with Gasteiger partial charge in [-0.1, -0.05) is 29.4 Å². The lowest BCUT2D eigenvalue weighted by molar-refractivity contribution is -0.113. The number of nitrogens with one attached hydrogen (secondary N) is 1. The summed E-state index contributed by atoms with van der Waals surface area (Å²) in [6, 6.07) is 7.57. The molecule has 0 aromatic carbocycles. The molecule has 3 heterocycles. The quantitative estimate of drug-likeness (QED) is 0.503. The van der Waals surface area contributed by atoms with Gasteiger partial charge >= 0.3 is 0 Å². The molecule has 0 saturated heterocycles. The molecular formula is C15H14ClN5OS2. The Bertz CT molecular complexity index is 806. The Morgan fingerprint density at radius 3 is 3.08 bits per heavy atom. The van der Waals surface area contributed by atoms with E-state index < -0.39 is 0 Å². The topological polar surface area (TPSA) is 72.7 Å². The molecule has 0 bridgehead atoms. The molecule has 124 valence electrons. The van der Waals surface area contributed by atoms with Crippen LogP contribution < -0.4 is 5.32 Å². The Labute approximate surface area is 152 Å². The van der Waals surface area contributed by atoms with Crippen LogP contribution in [-0.4, -0.2) is 31.4 Å². The van der Waals surface area contributed by atoms with Gasteiger partial charge in [0.05, 0.1) is 11.4 Å². The lowest BCUT2D eigenvalue weighted by Crippen LogP contribution is -2.15. The van der Waals surface area contributed by atoms with Crippen molar-refractivity contribution in [1.82, 2.24) is 19.7 Å². The van der Waals surface area contributed by atoms with Crippen LogP contribution in [0.3, 0.4) is 0 Å².